The molecular formula is C12H21N3O3S. The fourth-order valence-corrected chi connectivity index (χ4v) is 3.13. The van der Waals surface area contributed by atoms with Crippen molar-refractivity contribution in [2.75, 3.05) is 12.8 Å². The van der Waals surface area contributed by atoms with E-state index in [-0.39, 0.29) is 17.5 Å². The lowest BCUT2D eigenvalue weighted by atomic mass is 10.0. The van der Waals surface area contributed by atoms with Crippen molar-refractivity contribution in [3.8, 4) is 0 Å². The molecule has 2 atom stereocenters. The third kappa shape index (κ3) is 4.01. The molecule has 19 heavy (non-hydrogen) atoms. The highest BCUT2D eigenvalue weighted by Crippen LogP contribution is 2.33. The van der Waals surface area contributed by atoms with Crippen molar-refractivity contribution >= 4 is 9.84 Å². The molecule has 2 rings (SSSR count). The van der Waals surface area contributed by atoms with Crippen LogP contribution in [0.3, 0.4) is 0 Å². The predicted molar refractivity (Wildman–Crippen MR) is 71.5 cm³/mol. The molecule has 1 saturated carbocycles. The Morgan fingerprint density at radius 2 is 2.21 bits per heavy atom. The molecule has 0 aromatic carbocycles. The van der Waals surface area contributed by atoms with Gasteiger partial charge in [0.15, 0.2) is 15.7 Å². The Hall–Kier alpha value is -0.950. The lowest BCUT2D eigenvalue weighted by Gasteiger charge is -2.17. The highest BCUT2D eigenvalue weighted by atomic mass is 32.2. The van der Waals surface area contributed by atoms with E-state index in [0.717, 1.165) is 32.2 Å². The molecule has 0 aliphatic heterocycles. The zero-order chi connectivity index (χ0) is 13.9. The fourth-order valence-electron chi connectivity index (χ4n) is 2.54. The third-order valence-corrected chi connectivity index (χ3v) is 4.15. The molecule has 0 spiro atoms. The fraction of sp³-hybridized carbons (Fsp3) is 0.833. The first-order chi connectivity index (χ1) is 8.99. The van der Waals surface area contributed by atoms with Crippen LogP contribution in [0.5, 0.6) is 0 Å². The summed E-state index contributed by atoms with van der Waals surface area (Å²) in [6.07, 6.45) is 5.52. The molecule has 0 saturated heterocycles. The summed E-state index contributed by atoms with van der Waals surface area (Å²) in [5, 5.41) is 7.26. The zero-order valence-electron chi connectivity index (χ0n) is 11.4. The average molecular weight is 287 g/mol. The van der Waals surface area contributed by atoms with Gasteiger partial charge in [-0.3, -0.25) is 0 Å². The van der Waals surface area contributed by atoms with Gasteiger partial charge in [-0.2, -0.15) is 4.98 Å². The molecule has 0 amide bonds. The summed E-state index contributed by atoms with van der Waals surface area (Å²) in [5.74, 6) is 0.895. The average Bonchev–Trinajstić information content (AvgIpc) is 2.92. The molecule has 0 radical (unpaired) electrons. The SMILES string of the molecule is CCCNC1CCCC1c1nc(CS(C)(=O)=O)no1. The molecule has 1 aromatic heterocycles. The number of aromatic nitrogens is 2. The number of hydrogen-bond acceptors (Lipinski definition) is 6. The second kappa shape index (κ2) is 6.00. The van der Waals surface area contributed by atoms with Crippen LogP contribution in [-0.4, -0.2) is 37.4 Å². The summed E-state index contributed by atoms with van der Waals surface area (Å²) < 4.78 is 27.6. The van der Waals surface area contributed by atoms with Gasteiger partial charge in [0.05, 0.1) is 5.92 Å². The number of nitrogens with one attached hydrogen (secondary N) is 1. The zero-order valence-corrected chi connectivity index (χ0v) is 12.2. The van der Waals surface area contributed by atoms with Crippen molar-refractivity contribution in [3.63, 3.8) is 0 Å². The number of nitrogens with zero attached hydrogens (tertiary/aromatic N) is 2. The van der Waals surface area contributed by atoms with Gasteiger partial charge in [-0.15, -0.1) is 0 Å². The van der Waals surface area contributed by atoms with E-state index in [1.54, 1.807) is 0 Å². The maximum Gasteiger partial charge on any atom is 0.231 e. The minimum atomic E-state index is -3.12. The van der Waals surface area contributed by atoms with Crippen molar-refractivity contribution in [1.82, 2.24) is 15.5 Å². The molecule has 108 valence electrons. The molecule has 1 heterocycles. The quantitative estimate of drug-likeness (QED) is 0.847. The largest absolute Gasteiger partial charge is 0.339 e. The van der Waals surface area contributed by atoms with Crippen molar-refractivity contribution in [2.45, 2.75) is 50.3 Å². The first-order valence-electron chi connectivity index (χ1n) is 6.73. The predicted octanol–water partition coefficient (Wildman–Crippen LogP) is 1.25. The van der Waals surface area contributed by atoms with Crippen LogP contribution in [0.1, 0.15) is 50.2 Å². The van der Waals surface area contributed by atoms with E-state index in [0.29, 0.717) is 11.9 Å². The van der Waals surface area contributed by atoms with Crippen molar-refractivity contribution < 1.29 is 12.9 Å². The highest BCUT2D eigenvalue weighted by Gasteiger charge is 2.32. The van der Waals surface area contributed by atoms with Crippen LogP contribution >= 0.6 is 0 Å². The van der Waals surface area contributed by atoms with Gasteiger partial charge in [0.25, 0.3) is 0 Å². The van der Waals surface area contributed by atoms with E-state index < -0.39 is 9.84 Å². The lowest BCUT2D eigenvalue weighted by molar-refractivity contribution is 0.328. The summed E-state index contributed by atoms with van der Waals surface area (Å²) in [6, 6.07) is 0.367. The van der Waals surface area contributed by atoms with Crippen LogP contribution in [0.4, 0.5) is 0 Å². The molecule has 6 nitrogen and oxygen atoms in total. The highest BCUT2D eigenvalue weighted by molar-refractivity contribution is 7.89. The topological polar surface area (TPSA) is 85.1 Å². The third-order valence-electron chi connectivity index (χ3n) is 3.36. The minimum absolute atomic E-state index is 0.156. The maximum atomic E-state index is 11.2. The summed E-state index contributed by atoms with van der Waals surface area (Å²) >= 11 is 0. The second-order valence-electron chi connectivity index (χ2n) is 5.22. The van der Waals surface area contributed by atoms with Gasteiger partial charge in [-0.05, 0) is 25.8 Å². The van der Waals surface area contributed by atoms with Gasteiger partial charge in [0.2, 0.25) is 5.89 Å². The smallest absolute Gasteiger partial charge is 0.231 e. The Morgan fingerprint density at radius 3 is 2.89 bits per heavy atom. The van der Waals surface area contributed by atoms with Crippen molar-refractivity contribution in [1.29, 1.82) is 0 Å². The summed E-state index contributed by atoms with van der Waals surface area (Å²) in [6.45, 7) is 3.11. The molecule has 1 fully saturated rings. The van der Waals surface area contributed by atoms with Gasteiger partial charge < -0.3 is 9.84 Å². The van der Waals surface area contributed by atoms with Gasteiger partial charge in [0.1, 0.15) is 5.75 Å². The van der Waals surface area contributed by atoms with E-state index in [1.165, 1.54) is 6.26 Å². The van der Waals surface area contributed by atoms with E-state index in [4.69, 9.17) is 4.52 Å². The van der Waals surface area contributed by atoms with Crippen LogP contribution in [0.2, 0.25) is 0 Å². The molecule has 1 aliphatic carbocycles. The van der Waals surface area contributed by atoms with E-state index in [9.17, 15) is 8.42 Å². The molecule has 1 aliphatic rings. The van der Waals surface area contributed by atoms with Crippen LogP contribution in [0.15, 0.2) is 4.52 Å². The first kappa shape index (κ1) is 14.5. The molecule has 7 heteroatoms. The van der Waals surface area contributed by atoms with Gasteiger partial charge in [0, 0.05) is 12.3 Å². The first-order valence-corrected chi connectivity index (χ1v) is 8.79. The molecular weight excluding hydrogens is 266 g/mol. The number of hydrogen-bond donors (Lipinski definition) is 1. The molecule has 2 unspecified atom stereocenters. The minimum Gasteiger partial charge on any atom is -0.339 e. The lowest BCUT2D eigenvalue weighted by Crippen LogP contribution is -2.31. The second-order valence-corrected chi connectivity index (χ2v) is 7.36. The Balaban J connectivity index is 2.05. The molecule has 0 bridgehead atoms. The van der Waals surface area contributed by atoms with Crippen LogP contribution in [-0.2, 0) is 15.6 Å². The Kier molecular flexibility index (Phi) is 4.57. The number of sulfone groups is 1. The Bertz CT molecular complexity index is 512. The normalized spacial score (nSPS) is 23.9. The van der Waals surface area contributed by atoms with Gasteiger partial charge >= 0.3 is 0 Å². The Labute approximate surface area is 113 Å². The molecule has 1 aromatic rings. The van der Waals surface area contributed by atoms with Crippen molar-refractivity contribution in [3.05, 3.63) is 11.7 Å². The van der Waals surface area contributed by atoms with Gasteiger partial charge in [-0.25, -0.2) is 8.42 Å². The maximum absolute atomic E-state index is 11.2. The van der Waals surface area contributed by atoms with Crippen LogP contribution < -0.4 is 5.32 Å². The Morgan fingerprint density at radius 1 is 1.42 bits per heavy atom. The monoisotopic (exact) mass is 287 g/mol. The van der Waals surface area contributed by atoms with Crippen LogP contribution in [0.25, 0.3) is 0 Å². The van der Waals surface area contributed by atoms with E-state index in [1.807, 2.05) is 0 Å². The van der Waals surface area contributed by atoms with Crippen molar-refractivity contribution in [2.24, 2.45) is 0 Å². The number of rotatable bonds is 6. The van der Waals surface area contributed by atoms with E-state index in [2.05, 4.69) is 22.4 Å². The van der Waals surface area contributed by atoms with Gasteiger partial charge in [-0.1, -0.05) is 18.5 Å². The molecule has 1 N–H and O–H groups in total. The van der Waals surface area contributed by atoms with Crippen LogP contribution in [0, 0.1) is 0 Å². The van der Waals surface area contributed by atoms with E-state index >= 15 is 0 Å². The summed E-state index contributed by atoms with van der Waals surface area (Å²) in [5.41, 5.74) is 0. The standard InChI is InChI=1S/C12H21N3O3S/c1-3-7-13-10-6-4-5-9(10)12-14-11(15-18-12)8-19(2,16)17/h9-10,13H,3-8H2,1-2H3. The summed E-state index contributed by atoms with van der Waals surface area (Å²) in [4.78, 5) is 4.24. The summed E-state index contributed by atoms with van der Waals surface area (Å²) in [7, 11) is -3.12.